The van der Waals surface area contributed by atoms with Gasteiger partial charge in [0.1, 0.15) is 13.1 Å². The molecule has 0 amide bonds. The highest BCUT2D eigenvalue weighted by molar-refractivity contribution is 7.87. The molecule has 0 aliphatic carbocycles. The number of hydrogen-bond donors (Lipinski definition) is 0. The van der Waals surface area contributed by atoms with E-state index in [0.29, 0.717) is 39.2 Å². The first-order valence-corrected chi connectivity index (χ1v) is 11.4. The highest BCUT2D eigenvalue weighted by atomic mass is 32.2. The smallest absolute Gasteiger partial charge is 0.346 e. The molecule has 2 aromatic carbocycles. The fourth-order valence-electron chi connectivity index (χ4n) is 3.42. The number of benzene rings is 2. The van der Waals surface area contributed by atoms with Crippen LogP contribution in [0.1, 0.15) is 16.7 Å². The molecule has 33 heavy (non-hydrogen) atoms. The van der Waals surface area contributed by atoms with E-state index in [1.807, 2.05) is 61.3 Å². The van der Waals surface area contributed by atoms with Gasteiger partial charge in [-0.3, -0.25) is 20.2 Å². The Bertz CT molecular complexity index is 1160. The number of rotatable bonds is 9. The van der Waals surface area contributed by atoms with Gasteiger partial charge < -0.3 is 13.1 Å². The van der Waals surface area contributed by atoms with Crippen molar-refractivity contribution in [2.75, 3.05) is 42.3 Å². The van der Waals surface area contributed by atoms with Crippen LogP contribution in [0.2, 0.25) is 0 Å². The van der Waals surface area contributed by atoms with Gasteiger partial charge >= 0.3 is 10.1 Å². The summed E-state index contributed by atoms with van der Waals surface area (Å²) in [5.41, 5.74) is 0.691. The van der Waals surface area contributed by atoms with Crippen molar-refractivity contribution in [1.29, 1.82) is 0 Å². The van der Waals surface area contributed by atoms with Crippen molar-refractivity contribution in [2.45, 2.75) is 24.9 Å². The van der Waals surface area contributed by atoms with E-state index in [1.165, 1.54) is 0 Å². The molecule has 11 nitrogen and oxygen atoms in total. The molecule has 180 valence electrons. The summed E-state index contributed by atoms with van der Waals surface area (Å²) in [7, 11) is 7.00. The SMILES string of the molecule is Cc1cc(C[N+](C)(C)C)c(OS(=O)(=O)c2ccc([N+](=O)[O-])cc2[N+](=O)[O-])c(C[N+](C)(C)C)c1. The average molecular weight is 483 g/mol. The predicted octanol–water partition coefficient (Wildman–Crippen LogP) is 2.99. The zero-order valence-electron chi connectivity index (χ0n) is 19.9. The Morgan fingerprint density at radius 2 is 1.33 bits per heavy atom. The molecule has 0 bridgehead atoms. The van der Waals surface area contributed by atoms with Crippen LogP contribution in [-0.2, 0) is 23.2 Å². The molecule has 0 saturated carbocycles. The van der Waals surface area contributed by atoms with Gasteiger partial charge in [-0.15, -0.1) is 0 Å². The number of nitro groups is 2. The Hall–Kier alpha value is -3.09. The van der Waals surface area contributed by atoms with Crippen LogP contribution in [0, 0.1) is 27.2 Å². The van der Waals surface area contributed by atoms with Crippen molar-refractivity contribution in [3.05, 3.63) is 67.3 Å². The molecule has 2 aromatic rings. The number of aryl methyl sites for hydroxylation is 1. The number of quaternary nitrogens is 2. The first-order valence-electron chi connectivity index (χ1n) is 10.0. The second-order valence-corrected chi connectivity index (χ2v) is 11.5. The minimum Gasteiger partial charge on any atom is -0.378 e. The van der Waals surface area contributed by atoms with Crippen LogP contribution in [0.3, 0.4) is 0 Å². The monoisotopic (exact) mass is 482 g/mol. The second-order valence-electron chi connectivity index (χ2n) is 10.0. The lowest BCUT2D eigenvalue weighted by atomic mass is 10.0. The third kappa shape index (κ3) is 6.94. The largest absolute Gasteiger partial charge is 0.378 e. The van der Waals surface area contributed by atoms with Gasteiger partial charge in [-0.05, 0) is 30.7 Å². The third-order valence-corrected chi connectivity index (χ3v) is 5.76. The first kappa shape index (κ1) is 26.2. The minimum absolute atomic E-state index is 0.120. The summed E-state index contributed by atoms with van der Waals surface area (Å²) in [4.78, 5) is 20.0. The fraction of sp³-hybridized carbons (Fsp3) is 0.429. The maximum Gasteiger partial charge on any atom is 0.346 e. The molecule has 2 rings (SSSR count). The van der Waals surface area contributed by atoms with Gasteiger partial charge in [0, 0.05) is 6.07 Å². The fourth-order valence-corrected chi connectivity index (χ4v) is 4.57. The highest BCUT2D eigenvalue weighted by Crippen LogP contribution is 2.35. The highest BCUT2D eigenvalue weighted by Gasteiger charge is 2.33. The summed E-state index contributed by atoms with van der Waals surface area (Å²) in [6.45, 7) is 2.79. The molecule has 0 radical (unpaired) electrons. The molecule has 0 N–H and O–H groups in total. The molecular weight excluding hydrogens is 452 g/mol. The predicted molar refractivity (Wildman–Crippen MR) is 122 cm³/mol. The zero-order chi connectivity index (χ0) is 25.4. The molecule has 0 atom stereocenters. The van der Waals surface area contributed by atoms with Gasteiger partial charge in [-0.1, -0.05) is 0 Å². The van der Waals surface area contributed by atoms with Crippen LogP contribution in [0.5, 0.6) is 5.75 Å². The summed E-state index contributed by atoms with van der Waals surface area (Å²) in [5, 5.41) is 22.5. The molecule has 0 fully saturated rings. The summed E-state index contributed by atoms with van der Waals surface area (Å²) in [5.74, 6) is 0.120. The van der Waals surface area contributed by atoms with Crippen molar-refractivity contribution in [1.82, 2.24) is 0 Å². The van der Waals surface area contributed by atoms with Gasteiger partial charge in [0.25, 0.3) is 11.4 Å². The average Bonchev–Trinajstić information content (AvgIpc) is 2.61. The van der Waals surface area contributed by atoms with Crippen LogP contribution in [-0.4, -0.2) is 69.5 Å². The molecule has 0 unspecified atom stereocenters. The molecule has 0 saturated heterocycles. The molecule has 0 aliphatic heterocycles. The lowest BCUT2D eigenvalue weighted by Gasteiger charge is -2.28. The van der Waals surface area contributed by atoms with Gasteiger partial charge in [-0.25, -0.2) is 0 Å². The van der Waals surface area contributed by atoms with Crippen LogP contribution >= 0.6 is 0 Å². The van der Waals surface area contributed by atoms with Crippen LogP contribution in [0.4, 0.5) is 11.4 Å². The van der Waals surface area contributed by atoms with Crippen molar-refractivity contribution < 1.29 is 31.4 Å². The summed E-state index contributed by atoms with van der Waals surface area (Å²) >= 11 is 0. The van der Waals surface area contributed by atoms with Crippen LogP contribution < -0.4 is 4.18 Å². The van der Waals surface area contributed by atoms with E-state index in [4.69, 9.17) is 4.18 Å². The Labute approximate surface area is 193 Å². The summed E-state index contributed by atoms with van der Waals surface area (Å²) < 4.78 is 33.0. The second kappa shape index (κ2) is 9.04. The lowest BCUT2D eigenvalue weighted by molar-refractivity contribution is -0.884. The van der Waals surface area contributed by atoms with Crippen LogP contribution in [0.25, 0.3) is 0 Å². The van der Waals surface area contributed by atoms with E-state index in [2.05, 4.69) is 0 Å². The molecule has 0 aromatic heterocycles. The Balaban J connectivity index is 2.72. The lowest BCUT2D eigenvalue weighted by Crippen LogP contribution is -2.35. The minimum atomic E-state index is -4.68. The van der Waals surface area contributed by atoms with Crippen molar-refractivity contribution in [2.24, 2.45) is 0 Å². The molecule has 12 heteroatoms. The number of nitrogens with zero attached hydrogens (tertiary/aromatic N) is 4. The van der Waals surface area contributed by atoms with Crippen LogP contribution in [0.15, 0.2) is 35.2 Å². The maximum atomic E-state index is 13.2. The van der Waals surface area contributed by atoms with Gasteiger partial charge in [0.15, 0.2) is 10.6 Å². The van der Waals surface area contributed by atoms with Gasteiger partial charge in [-0.2, -0.15) is 8.42 Å². The Kier molecular flexibility index (Phi) is 7.17. The van der Waals surface area contributed by atoms with E-state index in [0.717, 1.165) is 17.7 Å². The van der Waals surface area contributed by atoms with Gasteiger partial charge in [0.05, 0.1) is 69.3 Å². The molecule has 0 heterocycles. The summed E-state index contributed by atoms with van der Waals surface area (Å²) in [6.07, 6.45) is 0. The third-order valence-electron chi connectivity index (χ3n) is 4.49. The standard InChI is InChI=1S/C21H30N4O7S/c1-15-10-16(13-24(2,3)4)21(17(11-15)14-25(5,6)7)32-33(30,31)20-9-8-18(22(26)27)12-19(20)23(28)29/h8-12H,13-14H2,1-7H3/q+2. The number of non-ortho nitro benzene ring substituents is 1. The van der Waals surface area contributed by atoms with E-state index in [9.17, 15) is 28.6 Å². The zero-order valence-corrected chi connectivity index (χ0v) is 20.7. The number of nitro benzene ring substituents is 2. The first-order chi connectivity index (χ1) is 14.9. The summed E-state index contributed by atoms with van der Waals surface area (Å²) in [6, 6.07) is 6.01. The quantitative estimate of drug-likeness (QED) is 0.232. The maximum absolute atomic E-state index is 13.2. The molecular formula is C21H30N4O7S+2. The van der Waals surface area contributed by atoms with E-state index < -0.39 is 36.2 Å². The molecule has 0 spiro atoms. The van der Waals surface area contributed by atoms with Crippen molar-refractivity contribution in [3.8, 4) is 5.75 Å². The Morgan fingerprint density at radius 3 is 1.73 bits per heavy atom. The van der Waals surface area contributed by atoms with Gasteiger partial charge in [0.2, 0.25) is 0 Å². The van der Waals surface area contributed by atoms with E-state index in [-0.39, 0.29) is 5.75 Å². The topological polar surface area (TPSA) is 130 Å². The van der Waals surface area contributed by atoms with E-state index in [1.54, 1.807) is 0 Å². The van der Waals surface area contributed by atoms with E-state index >= 15 is 0 Å². The van der Waals surface area contributed by atoms with Crippen molar-refractivity contribution in [3.63, 3.8) is 0 Å². The van der Waals surface area contributed by atoms with Crippen molar-refractivity contribution >= 4 is 21.5 Å². The number of hydrogen-bond acceptors (Lipinski definition) is 7. The molecule has 0 aliphatic rings. The Morgan fingerprint density at radius 1 is 0.848 bits per heavy atom. The normalized spacial score (nSPS) is 12.5.